The van der Waals surface area contributed by atoms with Gasteiger partial charge in [0.2, 0.25) is 5.88 Å². The fourth-order valence-corrected chi connectivity index (χ4v) is 1.78. The third-order valence-electron chi connectivity index (χ3n) is 2.44. The van der Waals surface area contributed by atoms with Crippen LogP contribution in [0.5, 0.6) is 5.88 Å². The molecule has 0 aliphatic carbocycles. The maximum atomic E-state index is 5.94. The Bertz CT molecular complexity index is 370. The molecule has 15 heavy (non-hydrogen) atoms. The summed E-state index contributed by atoms with van der Waals surface area (Å²) in [5.74, 6) is 2.21. The second kappa shape index (κ2) is 3.34. The van der Waals surface area contributed by atoms with Gasteiger partial charge in [-0.3, -0.25) is 0 Å². The van der Waals surface area contributed by atoms with Crippen molar-refractivity contribution >= 4 is 5.82 Å². The molecule has 1 aliphatic heterocycles. The van der Waals surface area contributed by atoms with Crippen molar-refractivity contribution in [1.29, 1.82) is 0 Å². The van der Waals surface area contributed by atoms with Crippen LogP contribution in [-0.2, 0) is 0 Å². The third-order valence-corrected chi connectivity index (χ3v) is 2.44. The Morgan fingerprint density at radius 1 is 1.47 bits per heavy atom. The van der Waals surface area contributed by atoms with Crippen LogP contribution in [-0.4, -0.2) is 35.7 Å². The van der Waals surface area contributed by atoms with E-state index in [1.54, 1.807) is 7.11 Å². The average molecular weight is 208 g/mol. The molecule has 0 radical (unpaired) electrons. The minimum Gasteiger partial charge on any atom is -0.481 e. The number of aryl methyl sites for hydroxylation is 1. The van der Waals surface area contributed by atoms with Gasteiger partial charge >= 0.3 is 0 Å². The number of nitrogens with zero attached hydrogens (tertiary/aromatic N) is 3. The molecule has 2 N–H and O–H groups in total. The van der Waals surface area contributed by atoms with Crippen molar-refractivity contribution < 1.29 is 4.74 Å². The van der Waals surface area contributed by atoms with Crippen LogP contribution < -0.4 is 15.4 Å². The highest BCUT2D eigenvalue weighted by Crippen LogP contribution is 2.25. The van der Waals surface area contributed by atoms with Gasteiger partial charge in [0.05, 0.1) is 7.11 Å². The minimum atomic E-state index is -0.0912. The summed E-state index contributed by atoms with van der Waals surface area (Å²) >= 11 is 0. The number of nitrogens with two attached hydrogens (primary N) is 1. The lowest BCUT2D eigenvalue weighted by Gasteiger charge is -2.46. The van der Waals surface area contributed by atoms with Crippen molar-refractivity contribution in [3.05, 3.63) is 11.9 Å². The summed E-state index contributed by atoms with van der Waals surface area (Å²) in [6.45, 7) is 5.54. The van der Waals surface area contributed by atoms with E-state index in [4.69, 9.17) is 10.5 Å². The van der Waals surface area contributed by atoms with Crippen molar-refractivity contribution in [2.45, 2.75) is 19.4 Å². The Labute approximate surface area is 89.3 Å². The van der Waals surface area contributed by atoms with Crippen molar-refractivity contribution in [2.24, 2.45) is 5.73 Å². The Morgan fingerprint density at radius 3 is 2.67 bits per heavy atom. The molecule has 0 amide bonds. The summed E-state index contributed by atoms with van der Waals surface area (Å²) in [5, 5.41) is 0. The zero-order valence-electron chi connectivity index (χ0n) is 9.32. The van der Waals surface area contributed by atoms with Gasteiger partial charge in [-0.25, -0.2) is 4.98 Å². The lowest BCUT2D eigenvalue weighted by atomic mass is 9.94. The second-order valence-corrected chi connectivity index (χ2v) is 4.33. The number of ether oxygens (including phenoxy) is 1. The molecule has 0 saturated carbocycles. The second-order valence-electron chi connectivity index (χ2n) is 4.33. The summed E-state index contributed by atoms with van der Waals surface area (Å²) in [4.78, 5) is 10.6. The highest BCUT2D eigenvalue weighted by atomic mass is 16.5. The van der Waals surface area contributed by atoms with Gasteiger partial charge in [0.25, 0.3) is 0 Å². The topological polar surface area (TPSA) is 64.3 Å². The lowest BCUT2D eigenvalue weighted by molar-refractivity contribution is 0.359. The fraction of sp³-hybridized carbons (Fsp3) is 0.600. The molecule has 82 valence electrons. The smallest absolute Gasteiger partial charge is 0.218 e. The Kier molecular flexibility index (Phi) is 2.26. The Hall–Kier alpha value is -1.36. The predicted octanol–water partition coefficient (Wildman–Crippen LogP) is 0.331. The molecule has 0 unspecified atom stereocenters. The van der Waals surface area contributed by atoms with Gasteiger partial charge < -0.3 is 15.4 Å². The number of aromatic nitrogens is 2. The molecular weight excluding hydrogens is 192 g/mol. The van der Waals surface area contributed by atoms with Crippen LogP contribution in [0.3, 0.4) is 0 Å². The molecule has 2 heterocycles. The van der Waals surface area contributed by atoms with E-state index in [0.717, 1.165) is 24.7 Å². The summed E-state index contributed by atoms with van der Waals surface area (Å²) in [6.07, 6.45) is 0. The van der Waals surface area contributed by atoms with E-state index in [1.165, 1.54) is 0 Å². The minimum absolute atomic E-state index is 0.0912. The Morgan fingerprint density at radius 2 is 2.13 bits per heavy atom. The van der Waals surface area contributed by atoms with Crippen LogP contribution >= 0.6 is 0 Å². The summed E-state index contributed by atoms with van der Waals surface area (Å²) in [5.41, 5.74) is 5.85. The molecule has 0 bridgehead atoms. The van der Waals surface area contributed by atoms with Crippen LogP contribution in [0.1, 0.15) is 12.7 Å². The van der Waals surface area contributed by atoms with Crippen molar-refractivity contribution in [2.75, 3.05) is 25.1 Å². The zero-order chi connectivity index (χ0) is 11.1. The molecule has 1 fully saturated rings. The van der Waals surface area contributed by atoms with Crippen LogP contribution in [0.15, 0.2) is 6.07 Å². The molecule has 2 rings (SSSR count). The molecule has 5 heteroatoms. The molecule has 1 aliphatic rings. The maximum Gasteiger partial charge on any atom is 0.218 e. The quantitative estimate of drug-likeness (QED) is 0.758. The van der Waals surface area contributed by atoms with Crippen LogP contribution in [0.2, 0.25) is 0 Å². The van der Waals surface area contributed by atoms with E-state index >= 15 is 0 Å². The van der Waals surface area contributed by atoms with Gasteiger partial charge in [0.1, 0.15) is 11.6 Å². The van der Waals surface area contributed by atoms with Crippen molar-refractivity contribution in [1.82, 2.24) is 9.97 Å². The molecular formula is C10H16N4O. The van der Waals surface area contributed by atoms with Gasteiger partial charge in [0, 0.05) is 24.7 Å². The van der Waals surface area contributed by atoms with E-state index < -0.39 is 0 Å². The molecule has 1 saturated heterocycles. The number of rotatable bonds is 2. The number of methoxy groups -OCH3 is 1. The lowest BCUT2D eigenvalue weighted by Crippen LogP contribution is -2.65. The van der Waals surface area contributed by atoms with E-state index in [9.17, 15) is 0 Å². The number of hydrogen-bond donors (Lipinski definition) is 1. The predicted molar refractivity (Wildman–Crippen MR) is 58.1 cm³/mol. The SMILES string of the molecule is COc1cc(N2CC(C)(N)C2)nc(C)n1. The molecule has 0 aromatic carbocycles. The highest BCUT2D eigenvalue weighted by molar-refractivity contribution is 5.46. The first-order chi connectivity index (χ1) is 7.00. The van der Waals surface area contributed by atoms with Crippen LogP contribution in [0.4, 0.5) is 5.82 Å². The largest absolute Gasteiger partial charge is 0.481 e. The van der Waals surface area contributed by atoms with E-state index in [-0.39, 0.29) is 5.54 Å². The fourth-order valence-electron chi connectivity index (χ4n) is 1.78. The van der Waals surface area contributed by atoms with E-state index in [1.807, 2.05) is 19.9 Å². The highest BCUT2D eigenvalue weighted by Gasteiger charge is 2.35. The first kappa shape index (κ1) is 10.2. The van der Waals surface area contributed by atoms with E-state index in [2.05, 4.69) is 14.9 Å². The van der Waals surface area contributed by atoms with Gasteiger partial charge in [-0.2, -0.15) is 4.98 Å². The van der Waals surface area contributed by atoms with Gasteiger partial charge in [0.15, 0.2) is 0 Å². The zero-order valence-corrected chi connectivity index (χ0v) is 9.32. The van der Waals surface area contributed by atoms with E-state index in [0.29, 0.717) is 5.88 Å². The van der Waals surface area contributed by atoms with Crippen LogP contribution in [0, 0.1) is 6.92 Å². The summed E-state index contributed by atoms with van der Waals surface area (Å²) in [7, 11) is 1.61. The monoisotopic (exact) mass is 208 g/mol. The van der Waals surface area contributed by atoms with Gasteiger partial charge in [-0.05, 0) is 13.8 Å². The Balaban J connectivity index is 2.19. The van der Waals surface area contributed by atoms with Crippen LogP contribution in [0.25, 0.3) is 0 Å². The van der Waals surface area contributed by atoms with Gasteiger partial charge in [-0.1, -0.05) is 0 Å². The standard InChI is InChI=1S/C10H16N4O/c1-7-12-8(4-9(13-7)15-3)14-5-10(2,11)6-14/h4H,5-6,11H2,1-3H3. The van der Waals surface area contributed by atoms with Crippen molar-refractivity contribution in [3.8, 4) is 5.88 Å². The molecule has 0 atom stereocenters. The molecule has 1 aromatic rings. The first-order valence-corrected chi connectivity index (χ1v) is 4.94. The average Bonchev–Trinajstić information content (AvgIpc) is 2.13. The van der Waals surface area contributed by atoms with Crippen molar-refractivity contribution in [3.63, 3.8) is 0 Å². The molecule has 5 nitrogen and oxygen atoms in total. The normalized spacial score (nSPS) is 18.5. The first-order valence-electron chi connectivity index (χ1n) is 4.94. The maximum absolute atomic E-state index is 5.94. The molecule has 1 aromatic heterocycles. The number of hydrogen-bond acceptors (Lipinski definition) is 5. The number of anilines is 1. The third kappa shape index (κ3) is 2.02. The van der Waals surface area contributed by atoms with Gasteiger partial charge in [-0.15, -0.1) is 0 Å². The summed E-state index contributed by atoms with van der Waals surface area (Å²) < 4.78 is 5.10. The summed E-state index contributed by atoms with van der Waals surface area (Å²) in [6, 6.07) is 1.84. The molecule has 0 spiro atoms.